The van der Waals surface area contributed by atoms with Crippen LogP contribution in [0.3, 0.4) is 0 Å². The van der Waals surface area contributed by atoms with Gasteiger partial charge in [0.1, 0.15) is 0 Å². The Labute approximate surface area is 138 Å². The molecule has 5 heteroatoms. The number of amides is 1. The van der Waals surface area contributed by atoms with E-state index in [9.17, 15) is 4.79 Å². The second-order valence-electron chi connectivity index (χ2n) is 7.65. The van der Waals surface area contributed by atoms with Gasteiger partial charge in [0.25, 0.3) is 0 Å². The van der Waals surface area contributed by atoms with Crippen LogP contribution in [0.25, 0.3) is 0 Å². The van der Waals surface area contributed by atoms with Crippen molar-refractivity contribution in [1.29, 1.82) is 0 Å². The minimum Gasteiger partial charge on any atom is -0.337 e. The van der Waals surface area contributed by atoms with Crippen LogP contribution in [-0.2, 0) is 17.9 Å². The van der Waals surface area contributed by atoms with Crippen molar-refractivity contribution < 1.29 is 4.79 Å². The minimum absolute atomic E-state index is 0.184. The third-order valence-corrected chi connectivity index (χ3v) is 6.02. The lowest BCUT2D eigenvalue weighted by atomic mass is 9.84. The first-order valence-electron chi connectivity index (χ1n) is 9.23. The Morgan fingerprint density at radius 3 is 2.70 bits per heavy atom. The van der Waals surface area contributed by atoms with Crippen LogP contribution < -0.4 is 0 Å². The lowest BCUT2D eigenvalue weighted by Crippen LogP contribution is -2.53. The lowest BCUT2D eigenvalue weighted by molar-refractivity contribution is -0.132. The maximum atomic E-state index is 12.3. The Hall–Kier alpha value is -1.36. The Morgan fingerprint density at radius 1 is 1.26 bits per heavy atom. The van der Waals surface area contributed by atoms with Crippen LogP contribution in [0.5, 0.6) is 0 Å². The molecule has 2 saturated heterocycles. The van der Waals surface area contributed by atoms with Crippen molar-refractivity contribution in [2.75, 3.05) is 19.6 Å². The van der Waals surface area contributed by atoms with E-state index in [1.165, 1.54) is 18.4 Å². The molecule has 1 amide bonds. The van der Waals surface area contributed by atoms with E-state index >= 15 is 0 Å². The molecule has 126 valence electrons. The highest BCUT2D eigenvalue weighted by atomic mass is 16.2. The fourth-order valence-corrected chi connectivity index (χ4v) is 4.29. The SMILES string of the molecule is CCn1cc(CN2CCC3(CCC(=O)N3CC3CC3)CC2)cn1. The molecule has 5 nitrogen and oxygen atoms in total. The predicted octanol–water partition coefficient (Wildman–Crippen LogP) is 2.27. The standard InChI is InChI=1S/C18H28N4O/c1-2-21-13-16(11-19-21)12-20-9-7-18(8-10-20)6-5-17(23)22(18)14-15-3-4-15/h11,13,15H,2-10,12,14H2,1H3. The van der Waals surface area contributed by atoms with Crippen molar-refractivity contribution in [2.24, 2.45) is 5.92 Å². The monoisotopic (exact) mass is 316 g/mol. The first kappa shape index (κ1) is 15.2. The molecule has 23 heavy (non-hydrogen) atoms. The van der Waals surface area contributed by atoms with E-state index in [4.69, 9.17) is 0 Å². The average Bonchev–Trinajstić information content (AvgIpc) is 3.20. The number of carbonyl (C=O) groups is 1. The van der Waals surface area contributed by atoms with Crippen LogP contribution in [-0.4, -0.2) is 50.7 Å². The van der Waals surface area contributed by atoms with Gasteiger partial charge in [-0.25, -0.2) is 0 Å². The number of rotatable bonds is 5. The zero-order chi connectivity index (χ0) is 15.9. The fraction of sp³-hybridized carbons (Fsp3) is 0.778. The molecule has 3 aliphatic rings. The van der Waals surface area contributed by atoms with Crippen LogP contribution in [0.4, 0.5) is 0 Å². The Morgan fingerprint density at radius 2 is 2.04 bits per heavy atom. The summed E-state index contributed by atoms with van der Waals surface area (Å²) in [6.07, 6.45) is 11.0. The summed E-state index contributed by atoms with van der Waals surface area (Å²) < 4.78 is 1.99. The number of likely N-dealkylation sites (tertiary alicyclic amines) is 2. The van der Waals surface area contributed by atoms with Crippen molar-refractivity contribution >= 4 is 5.91 Å². The van der Waals surface area contributed by atoms with Gasteiger partial charge in [-0.1, -0.05) is 0 Å². The Bertz CT molecular complexity index is 569. The summed E-state index contributed by atoms with van der Waals surface area (Å²) in [5.41, 5.74) is 1.49. The zero-order valence-electron chi connectivity index (χ0n) is 14.2. The molecule has 1 aromatic rings. The van der Waals surface area contributed by atoms with E-state index in [0.717, 1.165) is 64.3 Å². The number of piperidine rings is 1. The van der Waals surface area contributed by atoms with Crippen LogP contribution >= 0.6 is 0 Å². The quantitative estimate of drug-likeness (QED) is 0.837. The minimum atomic E-state index is 0.184. The normalized spacial score (nSPS) is 24.7. The Balaban J connectivity index is 1.36. The van der Waals surface area contributed by atoms with Crippen molar-refractivity contribution in [2.45, 2.75) is 64.1 Å². The highest BCUT2D eigenvalue weighted by Gasteiger charge is 2.48. The van der Waals surface area contributed by atoms with Crippen molar-refractivity contribution in [3.63, 3.8) is 0 Å². The second kappa shape index (κ2) is 5.93. The smallest absolute Gasteiger partial charge is 0.223 e. The Kier molecular flexibility index (Phi) is 3.92. The number of hydrogen-bond acceptors (Lipinski definition) is 3. The van der Waals surface area contributed by atoms with Gasteiger partial charge < -0.3 is 4.90 Å². The zero-order valence-corrected chi connectivity index (χ0v) is 14.2. The molecule has 1 aliphatic carbocycles. The maximum absolute atomic E-state index is 12.3. The van der Waals surface area contributed by atoms with E-state index in [2.05, 4.69) is 28.0 Å². The van der Waals surface area contributed by atoms with Crippen LogP contribution in [0, 0.1) is 5.92 Å². The van der Waals surface area contributed by atoms with Gasteiger partial charge in [0.15, 0.2) is 0 Å². The fourth-order valence-electron chi connectivity index (χ4n) is 4.29. The summed E-state index contributed by atoms with van der Waals surface area (Å²) in [5, 5.41) is 4.37. The number of aryl methyl sites for hydroxylation is 1. The van der Waals surface area contributed by atoms with Gasteiger partial charge in [-0.2, -0.15) is 5.10 Å². The highest BCUT2D eigenvalue weighted by molar-refractivity contribution is 5.79. The summed E-state index contributed by atoms with van der Waals surface area (Å²) in [5.74, 6) is 1.21. The van der Waals surface area contributed by atoms with Gasteiger partial charge in [0.2, 0.25) is 5.91 Å². The van der Waals surface area contributed by atoms with Gasteiger partial charge in [0.05, 0.1) is 6.20 Å². The van der Waals surface area contributed by atoms with E-state index in [-0.39, 0.29) is 5.54 Å². The van der Waals surface area contributed by atoms with E-state index in [1.54, 1.807) is 0 Å². The predicted molar refractivity (Wildman–Crippen MR) is 88.8 cm³/mol. The number of nitrogens with zero attached hydrogens (tertiary/aromatic N) is 4. The molecule has 1 aromatic heterocycles. The van der Waals surface area contributed by atoms with Crippen LogP contribution in [0.15, 0.2) is 12.4 Å². The first-order chi connectivity index (χ1) is 11.2. The third-order valence-electron chi connectivity index (χ3n) is 6.02. The molecule has 0 aromatic carbocycles. The molecule has 1 spiro atoms. The van der Waals surface area contributed by atoms with E-state index in [1.807, 2.05) is 10.9 Å². The third kappa shape index (κ3) is 3.03. The van der Waals surface area contributed by atoms with Crippen molar-refractivity contribution in [1.82, 2.24) is 19.6 Å². The lowest BCUT2D eigenvalue weighted by Gasteiger charge is -2.45. The highest BCUT2D eigenvalue weighted by Crippen LogP contribution is 2.42. The van der Waals surface area contributed by atoms with E-state index < -0.39 is 0 Å². The molecule has 3 fully saturated rings. The van der Waals surface area contributed by atoms with Gasteiger partial charge >= 0.3 is 0 Å². The first-order valence-corrected chi connectivity index (χ1v) is 9.23. The molecule has 0 radical (unpaired) electrons. The summed E-state index contributed by atoms with van der Waals surface area (Å²) >= 11 is 0. The molecule has 1 saturated carbocycles. The van der Waals surface area contributed by atoms with Gasteiger partial charge in [-0.3, -0.25) is 14.4 Å². The van der Waals surface area contributed by atoms with Gasteiger partial charge in [-0.15, -0.1) is 0 Å². The van der Waals surface area contributed by atoms with Crippen molar-refractivity contribution in [3.05, 3.63) is 18.0 Å². The topological polar surface area (TPSA) is 41.4 Å². The van der Waals surface area contributed by atoms with E-state index in [0.29, 0.717) is 5.91 Å². The summed E-state index contributed by atoms with van der Waals surface area (Å²) in [4.78, 5) is 17.1. The second-order valence-corrected chi connectivity index (χ2v) is 7.65. The molecule has 2 aliphatic heterocycles. The molecule has 0 bridgehead atoms. The number of carbonyl (C=O) groups excluding carboxylic acids is 1. The molecule has 0 N–H and O–H groups in total. The largest absolute Gasteiger partial charge is 0.337 e. The molecular formula is C18H28N4O. The molecule has 0 unspecified atom stereocenters. The van der Waals surface area contributed by atoms with Crippen LogP contribution in [0.1, 0.15) is 51.0 Å². The van der Waals surface area contributed by atoms with Crippen molar-refractivity contribution in [3.8, 4) is 0 Å². The van der Waals surface area contributed by atoms with Gasteiger partial charge in [0, 0.05) is 56.4 Å². The average molecular weight is 316 g/mol. The summed E-state index contributed by atoms with van der Waals surface area (Å²) in [6.45, 7) is 7.28. The van der Waals surface area contributed by atoms with Gasteiger partial charge in [-0.05, 0) is 44.9 Å². The summed E-state index contributed by atoms with van der Waals surface area (Å²) in [6, 6.07) is 0. The molecular weight excluding hydrogens is 288 g/mol. The maximum Gasteiger partial charge on any atom is 0.223 e. The van der Waals surface area contributed by atoms with Crippen LogP contribution in [0.2, 0.25) is 0 Å². The molecule has 3 heterocycles. The number of hydrogen-bond donors (Lipinski definition) is 0. The molecule has 0 atom stereocenters. The summed E-state index contributed by atoms with van der Waals surface area (Å²) in [7, 11) is 0. The number of aromatic nitrogens is 2. The molecule has 4 rings (SSSR count).